The minimum atomic E-state index is -5.23. The summed E-state index contributed by atoms with van der Waals surface area (Å²) in [4.78, 5) is 6.18. The third-order valence-corrected chi connectivity index (χ3v) is 5.80. The van der Waals surface area contributed by atoms with Gasteiger partial charge in [-0.3, -0.25) is 4.99 Å². The SMILES string of the molecule is CN(C(N)=NCC1CCN(S(=O)(=O)C(F)(F)F)CC1)C1CC1.I. The average molecular weight is 470 g/mol. The van der Waals surface area contributed by atoms with E-state index in [-0.39, 0.29) is 43.0 Å². The molecule has 0 unspecified atom stereocenters. The largest absolute Gasteiger partial charge is 0.511 e. The summed E-state index contributed by atoms with van der Waals surface area (Å²) in [6.45, 7) is 0.170. The molecule has 1 aliphatic heterocycles. The number of halogens is 4. The van der Waals surface area contributed by atoms with E-state index in [0.29, 0.717) is 35.7 Å². The Labute approximate surface area is 151 Å². The van der Waals surface area contributed by atoms with Gasteiger partial charge in [-0.25, -0.2) is 8.42 Å². The highest BCUT2D eigenvalue weighted by atomic mass is 127. The number of sulfonamides is 1. The molecule has 0 atom stereocenters. The first-order valence-electron chi connectivity index (χ1n) is 7.22. The number of piperidine rings is 1. The number of nitrogens with two attached hydrogens (primary N) is 1. The van der Waals surface area contributed by atoms with E-state index in [1.807, 2.05) is 11.9 Å². The number of hydrogen-bond acceptors (Lipinski definition) is 3. The second-order valence-electron chi connectivity index (χ2n) is 5.83. The molecule has 2 N–H and O–H groups in total. The molecule has 2 fully saturated rings. The molecule has 23 heavy (non-hydrogen) atoms. The number of alkyl halides is 3. The van der Waals surface area contributed by atoms with Gasteiger partial charge in [0.05, 0.1) is 0 Å². The smallest absolute Gasteiger partial charge is 0.370 e. The van der Waals surface area contributed by atoms with Crippen molar-refractivity contribution in [2.24, 2.45) is 16.6 Å². The van der Waals surface area contributed by atoms with Gasteiger partial charge in [0.1, 0.15) is 0 Å². The summed E-state index contributed by atoms with van der Waals surface area (Å²) < 4.78 is 60.5. The third kappa shape index (κ3) is 5.08. The van der Waals surface area contributed by atoms with Crippen LogP contribution < -0.4 is 5.73 Å². The lowest BCUT2D eigenvalue weighted by Crippen LogP contribution is -2.45. The molecule has 136 valence electrons. The van der Waals surface area contributed by atoms with E-state index in [1.165, 1.54) is 0 Å². The van der Waals surface area contributed by atoms with Crippen molar-refractivity contribution < 1.29 is 21.6 Å². The monoisotopic (exact) mass is 470 g/mol. The lowest BCUT2D eigenvalue weighted by atomic mass is 9.98. The quantitative estimate of drug-likeness (QED) is 0.385. The van der Waals surface area contributed by atoms with E-state index in [2.05, 4.69) is 4.99 Å². The minimum Gasteiger partial charge on any atom is -0.370 e. The molecule has 1 saturated heterocycles. The number of nitrogens with zero attached hydrogens (tertiary/aromatic N) is 3. The van der Waals surface area contributed by atoms with Crippen LogP contribution in [0, 0.1) is 5.92 Å². The summed E-state index contributed by atoms with van der Waals surface area (Å²) in [7, 11) is -3.34. The van der Waals surface area contributed by atoms with E-state index in [9.17, 15) is 21.6 Å². The van der Waals surface area contributed by atoms with E-state index >= 15 is 0 Å². The number of guanidine groups is 1. The maximum absolute atomic E-state index is 12.5. The molecular weight excluding hydrogens is 448 g/mol. The molecule has 0 amide bonds. The second kappa shape index (κ2) is 7.72. The highest BCUT2D eigenvalue weighted by Gasteiger charge is 2.50. The summed E-state index contributed by atoms with van der Waals surface area (Å²) in [6.07, 6.45) is 2.92. The number of rotatable bonds is 4. The van der Waals surface area contributed by atoms with Crippen molar-refractivity contribution in [3.8, 4) is 0 Å². The summed E-state index contributed by atoms with van der Waals surface area (Å²) in [5.41, 5.74) is 0.623. The lowest BCUT2D eigenvalue weighted by molar-refractivity contribution is -0.0496. The molecule has 1 saturated carbocycles. The molecule has 0 radical (unpaired) electrons. The van der Waals surface area contributed by atoms with Crippen LogP contribution in [0.3, 0.4) is 0 Å². The fourth-order valence-corrected chi connectivity index (χ4v) is 3.45. The Morgan fingerprint density at radius 1 is 1.26 bits per heavy atom. The molecule has 1 heterocycles. The highest BCUT2D eigenvalue weighted by Crippen LogP contribution is 2.30. The summed E-state index contributed by atoms with van der Waals surface area (Å²) in [6, 6.07) is 0.447. The Bertz CT molecular complexity index is 529. The van der Waals surface area contributed by atoms with Gasteiger partial charge in [0.2, 0.25) is 0 Å². The van der Waals surface area contributed by atoms with Crippen LogP contribution in [0.15, 0.2) is 4.99 Å². The fraction of sp³-hybridized carbons (Fsp3) is 0.917. The molecule has 0 bridgehead atoms. The molecule has 0 spiro atoms. The van der Waals surface area contributed by atoms with Crippen molar-refractivity contribution in [2.75, 3.05) is 26.7 Å². The van der Waals surface area contributed by atoms with E-state index < -0.39 is 15.5 Å². The summed E-state index contributed by atoms with van der Waals surface area (Å²) in [5.74, 6) is 0.499. The van der Waals surface area contributed by atoms with Gasteiger partial charge in [-0.15, -0.1) is 24.0 Å². The van der Waals surface area contributed by atoms with Crippen molar-refractivity contribution in [1.82, 2.24) is 9.21 Å². The average Bonchev–Trinajstić information content (AvgIpc) is 3.27. The van der Waals surface area contributed by atoms with Crippen LogP contribution in [0.5, 0.6) is 0 Å². The van der Waals surface area contributed by atoms with Gasteiger partial charge in [-0.1, -0.05) is 0 Å². The molecule has 2 rings (SSSR count). The molecule has 2 aliphatic rings. The zero-order chi connectivity index (χ0) is 16.5. The van der Waals surface area contributed by atoms with Gasteiger partial charge < -0.3 is 10.6 Å². The van der Waals surface area contributed by atoms with E-state index in [1.54, 1.807) is 0 Å². The van der Waals surface area contributed by atoms with Crippen LogP contribution in [-0.2, 0) is 10.0 Å². The molecule has 1 aliphatic carbocycles. The standard InChI is InChI=1S/C12H21F3N4O2S.HI/c1-18(10-2-3-10)11(16)17-8-9-4-6-19(7-5-9)22(20,21)12(13,14)15;/h9-10H,2-8H2,1H3,(H2,16,17);1H. The van der Waals surface area contributed by atoms with Gasteiger partial charge >= 0.3 is 15.5 Å². The molecular formula is C12H22F3IN4O2S. The third-order valence-electron chi connectivity index (χ3n) is 4.17. The molecule has 0 aromatic heterocycles. The second-order valence-corrected chi connectivity index (χ2v) is 7.76. The topological polar surface area (TPSA) is 79.0 Å². The minimum absolute atomic E-state index is 0. The van der Waals surface area contributed by atoms with E-state index in [0.717, 1.165) is 12.8 Å². The van der Waals surface area contributed by atoms with Crippen LogP contribution in [-0.4, -0.2) is 61.8 Å². The summed E-state index contributed by atoms with van der Waals surface area (Å²) in [5, 5.41) is 0. The van der Waals surface area contributed by atoms with Crippen LogP contribution in [0.2, 0.25) is 0 Å². The zero-order valence-corrected chi connectivity index (χ0v) is 15.9. The van der Waals surface area contributed by atoms with Gasteiger partial charge in [0, 0.05) is 32.7 Å². The Kier molecular flexibility index (Phi) is 6.96. The predicted molar refractivity (Wildman–Crippen MR) is 92.0 cm³/mol. The Hall–Kier alpha value is -0.300. The molecule has 6 nitrogen and oxygen atoms in total. The van der Waals surface area contributed by atoms with E-state index in [4.69, 9.17) is 5.73 Å². The highest BCUT2D eigenvalue weighted by molar-refractivity contribution is 14.0. The fourth-order valence-electron chi connectivity index (χ4n) is 2.46. The zero-order valence-electron chi connectivity index (χ0n) is 12.8. The van der Waals surface area contributed by atoms with Gasteiger partial charge in [-0.05, 0) is 31.6 Å². The number of aliphatic imine (C=N–C) groups is 1. The first-order valence-corrected chi connectivity index (χ1v) is 8.66. The Morgan fingerprint density at radius 2 is 1.78 bits per heavy atom. The first kappa shape index (κ1) is 20.7. The maximum Gasteiger partial charge on any atom is 0.511 e. The normalized spacial score (nSPS) is 21.8. The van der Waals surface area contributed by atoms with Crippen LogP contribution in [0.1, 0.15) is 25.7 Å². The van der Waals surface area contributed by atoms with Crippen molar-refractivity contribution in [3.63, 3.8) is 0 Å². The molecule has 11 heteroatoms. The molecule has 0 aromatic rings. The van der Waals surface area contributed by atoms with Crippen molar-refractivity contribution in [2.45, 2.75) is 37.2 Å². The van der Waals surface area contributed by atoms with Crippen LogP contribution in [0.4, 0.5) is 13.2 Å². The van der Waals surface area contributed by atoms with Crippen molar-refractivity contribution >= 4 is 40.0 Å². The molecule has 0 aromatic carbocycles. The Morgan fingerprint density at radius 3 is 2.22 bits per heavy atom. The first-order chi connectivity index (χ1) is 10.1. The lowest BCUT2D eigenvalue weighted by Gasteiger charge is -2.31. The van der Waals surface area contributed by atoms with Crippen LogP contribution in [0.25, 0.3) is 0 Å². The number of hydrogen-bond donors (Lipinski definition) is 1. The van der Waals surface area contributed by atoms with Crippen LogP contribution >= 0.6 is 24.0 Å². The van der Waals surface area contributed by atoms with Gasteiger partial charge in [-0.2, -0.15) is 17.5 Å². The van der Waals surface area contributed by atoms with Crippen molar-refractivity contribution in [1.29, 1.82) is 0 Å². The van der Waals surface area contributed by atoms with Gasteiger partial charge in [0.25, 0.3) is 0 Å². The summed E-state index contributed by atoms with van der Waals surface area (Å²) >= 11 is 0. The maximum atomic E-state index is 12.5. The Balaban J connectivity index is 0.00000264. The van der Waals surface area contributed by atoms with Crippen molar-refractivity contribution in [3.05, 3.63) is 0 Å². The van der Waals surface area contributed by atoms with Gasteiger partial charge in [0.15, 0.2) is 5.96 Å². The predicted octanol–water partition coefficient (Wildman–Crippen LogP) is 1.57.